The molecule has 1 aromatic rings. The fourth-order valence-corrected chi connectivity index (χ4v) is 2.38. The molecule has 0 bridgehead atoms. The van der Waals surface area contributed by atoms with E-state index in [-0.39, 0.29) is 5.97 Å². The topological polar surface area (TPSA) is 26.3 Å². The van der Waals surface area contributed by atoms with Crippen molar-refractivity contribution in [3.63, 3.8) is 0 Å². The summed E-state index contributed by atoms with van der Waals surface area (Å²) >= 11 is 3.35. The van der Waals surface area contributed by atoms with Crippen LogP contribution in [0.2, 0.25) is 0 Å². The third-order valence-electron chi connectivity index (χ3n) is 3.07. The van der Waals surface area contributed by atoms with Gasteiger partial charge in [-0.1, -0.05) is 57.6 Å². The van der Waals surface area contributed by atoms with Gasteiger partial charge in [0.25, 0.3) is 0 Å². The highest BCUT2D eigenvalue weighted by Gasteiger charge is 2.09. The van der Waals surface area contributed by atoms with Crippen molar-refractivity contribution in [2.75, 3.05) is 6.61 Å². The molecule has 0 unspecified atom stereocenters. The van der Waals surface area contributed by atoms with Gasteiger partial charge in [0.05, 0.1) is 12.2 Å². The van der Waals surface area contributed by atoms with Gasteiger partial charge in [0.2, 0.25) is 0 Å². The van der Waals surface area contributed by atoms with Crippen molar-refractivity contribution in [3.05, 3.63) is 34.3 Å². The number of halogens is 1. The number of carbonyl (C=O) groups is 1. The summed E-state index contributed by atoms with van der Waals surface area (Å²) in [5, 5.41) is 0. The standard InChI is InChI=1S/C16H23BrO2/c1-2-3-4-5-6-7-10-13-19-16(18)14-11-8-9-12-15(14)17/h8-9,11-12H,2-7,10,13H2,1H3. The van der Waals surface area contributed by atoms with Crippen LogP contribution in [0.25, 0.3) is 0 Å². The van der Waals surface area contributed by atoms with Crippen molar-refractivity contribution in [3.8, 4) is 0 Å². The first-order valence-electron chi connectivity index (χ1n) is 7.17. The van der Waals surface area contributed by atoms with Gasteiger partial charge in [0, 0.05) is 4.47 Å². The second-order valence-electron chi connectivity index (χ2n) is 4.74. The zero-order chi connectivity index (χ0) is 13.9. The molecule has 19 heavy (non-hydrogen) atoms. The van der Waals surface area contributed by atoms with Crippen molar-refractivity contribution in [1.29, 1.82) is 0 Å². The molecule has 0 N–H and O–H groups in total. The average molecular weight is 327 g/mol. The van der Waals surface area contributed by atoms with Crippen LogP contribution in [0.4, 0.5) is 0 Å². The van der Waals surface area contributed by atoms with Gasteiger partial charge in [-0.2, -0.15) is 0 Å². The molecule has 1 rings (SSSR count). The summed E-state index contributed by atoms with van der Waals surface area (Å²) in [6.07, 6.45) is 8.59. The molecule has 0 heterocycles. The lowest BCUT2D eigenvalue weighted by Gasteiger charge is -2.06. The van der Waals surface area contributed by atoms with Crippen molar-refractivity contribution in [2.45, 2.75) is 51.9 Å². The van der Waals surface area contributed by atoms with Gasteiger partial charge in [-0.3, -0.25) is 0 Å². The first-order chi connectivity index (χ1) is 9.25. The van der Waals surface area contributed by atoms with Crippen molar-refractivity contribution >= 4 is 21.9 Å². The predicted octanol–water partition coefficient (Wildman–Crippen LogP) is 5.36. The number of hydrogen-bond donors (Lipinski definition) is 0. The second-order valence-corrected chi connectivity index (χ2v) is 5.59. The van der Waals surface area contributed by atoms with Crippen molar-refractivity contribution in [2.24, 2.45) is 0 Å². The normalized spacial score (nSPS) is 10.4. The third-order valence-corrected chi connectivity index (χ3v) is 3.77. The highest BCUT2D eigenvalue weighted by molar-refractivity contribution is 9.10. The van der Waals surface area contributed by atoms with Crippen LogP contribution in [-0.4, -0.2) is 12.6 Å². The largest absolute Gasteiger partial charge is 0.462 e. The molecule has 0 aliphatic heterocycles. The maximum absolute atomic E-state index is 11.8. The number of rotatable bonds is 9. The molecule has 0 atom stereocenters. The molecule has 0 aliphatic rings. The number of ether oxygens (including phenoxy) is 1. The van der Waals surface area contributed by atoms with E-state index in [2.05, 4.69) is 22.9 Å². The average Bonchev–Trinajstić information content (AvgIpc) is 2.42. The molecule has 0 radical (unpaired) electrons. The van der Waals surface area contributed by atoms with E-state index in [1.165, 1.54) is 32.1 Å². The lowest BCUT2D eigenvalue weighted by molar-refractivity contribution is 0.0496. The summed E-state index contributed by atoms with van der Waals surface area (Å²) in [6.45, 7) is 2.75. The Morgan fingerprint density at radius 1 is 1.05 bits per heavy atom. The van der Waals surface area contributed by atoms with Crippen LogP contribution in [0.1, 0.15) is 62.2 Å². The molecule has 0 aromatic heterocycles. The van der Waals surface area contributed by atoms with Gasteiger partial charge in [-0.05, 0) is 34.5 Å². The fourth-order valence-electron chi connectivity index (χ4n) is 1.93. The Balaban J connectivity index is 2.10. The Morgan fingerprint density at radius 2 is 1.68 bits per heavy atom. The molecule has 0 aliphatic carbocycles. The van der Waals surface area contributed by atoms with Crippen LogP contribution in [-0.2, 0) is 4.74 Å². The molecule has 0 fully saturated rings. The quantitative estimate of drug-likeness (QED) is 0.451. The van der Waals surface area contributed by atoms with Gasteiger partial charge in [0.15, 0.2) is 0 Å². The molecular formula is C16H23BrO2. The fraction of sp³-hybridized carbons (Fsp3) is 0.562. The third kappa shape index (κ3) is 6.76. The molecule has 0 spiro atoms. The van der Waals surface area contributed by atoms with Crippen LogP contribution < -0.4 is 0 Å². The number of unbranched alkanes of at least 4 members (excludes halogenated alkanes) is 6. The van der Waals surface area contributed by atoms with Crippen LogP contribution in [0, 0.1) is 0 Å². The lowest BCUT2D eigenvalue weighted by atomic mass is 10.1. The van der Waals surface area contributed by atoms with Crippen LogP contribution in [0.3, 0.4) is 0 Å². The summed E-state index contributed by atoms with van der Waals surface area (Å²) in [4.78, 5) is 11.8. The molecule has 106 valence electrons. The summed E-state index contributed by atoms with van der Waals surface area (Å²) in [5.74, 6) is -0.238. The summed E-state index contributed by atoms with van der Waals surface area (Å²) in [6, 6.07) is 7.35. The Labute approximate surface area is 124 Å². The maximum atomic E-state index is 11.8. The van der Waals surface area contributed by atoms with Gasteiger partial charge < -0.3 is 4.74 Å². The van der Waals surface area contributed by atoms with E-state index in [9.17, 15) is 4.79 Å². The van der Waals surface area contributed by atoms with E-state index in [4.69, 9.17) is 4.74 Å². The summed E-state index contributed by atoms with van der Waals surface area (Å²) < 4.78 is 6.06. The summed E-state index contributed by atoms with van der Waals surface area (Å²) in [5.41, 5.74) is 0.602. The maximum Gasteiger partial charge on any atom is 0.339 e. The monoisotopic (exact) mass is 326 g/mol. The highest BCUT2D eigenvalue weighted by atomic mass is 79.9. The number of esters is 1. The summed E-state index contributed by atoms with van der Waals surface area (Å²) in [7, 11) is 0. The van der Waals surface area contributed by atoms with Gasteiger partial charge in [0.1, 0.15) is 0 Å². The zero-order valence-electron chi connectivity index (χ0n) is 11.7. The van der Waals surface area contributed by atoms with Gasteiger partial charge in [-0.25, -0.2) is 4.79 Å². The van der Waals surface area contributed by atoms with E-state index in [0.717, 1.165) is 17.3 Å². The van der Waals surface area contributed by atoms with E-state index in [1.54, 1.807) is 6.07 Å². The smallest absolute Gasteiger partial charge is 0.339 e. The Morgan fingerprint density at radius 3 is 2.37 bits per heavy atom. The van der Waals surface area contributed by atoms with Crippen molar-refractivity contribution in [1.82, 2.24) is 0 Å². The minimum Gasteiger partial charge on any atom is -0.462 e. The number of benzene rings is 1. The van der Waals surface area contributed by atoms with Crippen LogP contribution in [0.5, 0.6) is 0 Å². The van der Waals surface area contributed by atoms with Crippen molar-refractivity contribution < 1.29 is 9.53 Å². The van der Waals surface area contributed by atoms with E-state index in [1.807, 2.05) is 18.2 Å². The predicted molar refractivity (Wildman–Crippen MR) is 82.4 cm³/mol. The number of carbonyl (C=O) groups excluding carboxylic acids is 1. The molecule has 1 aromatic carbocycles. The van der Waals surface area contributed by atoms with E-state index < -0.39 is 0 Å². The minimum atomic E-state index is -0.238. The SMILES string of the molecule is CCCCCCCCCOC(=O)c1ccccc1Br. The molecule has 0 amide bonds. The van der Waals surface area contributed by atoms with Crippen LogP contribution >= 0.6 is 15.9 Å². The molecule has 0 saturated carbocycles. The van der Waals surface area contributed by atoms with E-state index in [0.29, 0.717) is 12.2 Å². The minimum absolute atomic E-state index is 0.238. The van der Waals surface area contributed by atoms with Gasteiger partial charge >= 0.3 is 5.97 Å². The Bertz CT molecular complexity index is 377. The highest BCUT2D eigenvalue weighted by Crippen LogP contribution is 2.17. The molecule has 0 saturated heterocycles. The first kappa shape index (κ1) is 16.2. The van der Waals surface area contributed by atoms with E-state index >= 15 is 0 Å². The lowest BCUT2D eigenvalue weighted by Crippen LogP contribution is -2.07. The Kier molecular flexibility index (Phi) is 8.55. The molecule has 3 heteroatoms. The Hall–Kier alpha value is -0.830. The van der Waals surface area contributed by atoms with Crippen LogP contribution in [0.15, 0.2) is 28.7 Å². The van der Waals surface area contributed by atoms with Gasteiger partial charge in [-0.15, -0.1) is 0 Å². The first-order valence-corrected chi connectivity index (χ1v) is 7.96. The zero-order valence-corrected chi connectivity index (χ0v) is 13.2. The molecule has 2 nitrogen and oxygen atoms in total. The molecular weight excluding hydrogens is 304 g/mol. The second kappa shape index (κ2) is 10.0. The number of hydrogen-bond acceptors (Lipinski definition) is 2.